The Kier molecular flexibility index (Phi) is 5.58. The fourth-order valence-corrected chi connectivity index (χ4v) is 1.86. The Hall–Kier alpha value is -2.07. The van der Waals surface area contributed by atoms with Crippen molar-refractivity contribution in [3.05, 3.63) is 59.4 Å². The number of halogens is 1. The normalized spacial score (nSPS) is 10.4. The van der Waals surface area contributed by atoms with Crippen molar-refractivity contribution in [3.63, 3.8) is 0 Å². The predicted octanol–water partition coefficient (Wildman–Crippen LogP) is 3.44. The molecule has 0 bridgehead atoms. The fraction of sp³-hybridized carbons (Fsp3) is 0.294. The maximum Gasteiger partial charge on any atom is 0.129 e. The van der Waals surface area contributed by atoms with E-state index in [1.807, 2.05) is 24.3 Å². The minimum absolute atomic E-state index is 0.248. The van der Waals surface area contributed by atoms with Crippen molar-refractivity contribution >= 4 is 0 Å². The molecule has 0 fully saturated rings. The van der Waals surface area contributed by atoms with Crippen LogP contribution in [0.1, 0.15) is 17.5 Å². The van der Waals surface area contributed by atoms with E-state index in [0.29, 0.717) is 31.1 Å². The summed E-state index contributed by atoms with van der Waals surface area (Å²) in [4.78, 5) is 0. The maximum absolute atomic E-state index is 13.3. The van der Waals surface area contributed by atoms with Crippen LogP contribution in [0.15, 0.2) is 42.5 Å². The molecule has 0 saturated heterocycles. The van der Waals surface area contributed by atoms with Gasteiger partial charge in [0, 0.05) is 19.0 Å². The summed E-state index contributed by atoms with van der Waals surface area (Å²) in [6, 6.07) is 12.6. The van der Waals surface area contributed by atoms with Crippen molar-refractivity contribution in [2.45, 2.75) is 19.9 Å². The number of nitrogens with two attached hydrogens (primary N) is 1. The first-order chi connectivity index (χ1) is 10.2. The Morgan fingerprint density at radius 3 is 2.38 bits per heavy atom. The summed E-state index contributed by atoms with van der Waals surface area (Å²) in [5.41, 5.74) is 7.23. The van der Waals surface area contributed by atoms with Gasteiger partial charge < -0.3 is 15.2 Å². The number of rotatable bonds is 7. The largest absolute Gasteiger partial charge is 0.493 e. The van der Waals surface area contributed by atoms with E-state index in [9.17, 15) is 4.39 Å². The molecular formula is C17H20FNO2. The summed E-state index contributed by atoms with van der Waals surface area (Å²) in [5, 5.41) is 0. The summed E-state index contributed by atoms with van der Waals surface area (Å²) in [7, 11) is 0. The molecule has 0 aliphatic rings. The molecule has 0 aromatic heterocycles. The average Bonchev–Trinajstić information content (AvgIpc) is 2.50. The van der Waals surface area contributed by atoms with Crippen LogP contribution in [-0.2, 0) is 6.54 Å². The number of hydrogen-bond acceptors (Lipinski definition) is 3. The van der Waals surface area contributed by atoms with Crippen molar-refractivity contribution < 1.29 is 13.9 Å². The van der Waals surface area contributed by atoms with E-state index in [2.05, 4.69) is 0 Å². The van der Waals surface area contributed by atoms with Gasteiger partial charge in [-0.3, -0.25) is 0 Å². The Labute approximate surface area is 124 Å². The van der Waals surface area contributed by atoms with Gasteiger partial charge in [0.2, 0.25) is 0 Å². The van der Waals surface area contributed by atoms with Crippen LogP contribution in [0.2, 0.25) is 0 Å². The van der Waals surface area contributed by atoms with Gasteiger partial charge in [-0.05, 0) is 36.2 Å². The fourth-order valence-electron chi connectivity index (χ4n) is 1.86. The van der Waals surface area contributed by atoms with E-state index in [-0.39, 0.29) is 5.82 Å². The van der Waals surface area contributed by atoms with Gasteiger partial charge in [-0.1, -0.05) is 18.2 Å². The van der Waals surface area contributed by atoms with E-state index < -0.39 is 0 Å². The molecule has 0 atom stereocenters. The van der Waals surface area contributed by atoms with Gasteiger partial charge in [-0.15, -0.1) is 0 Å². The predicted molar refractivity (Wildman–Crippen MR) is 81.1 cm³/mol. The summed E-state index contributed by atoms with van der Waals surface area (Å²) >= 11 is 0. The molecule has 0 radical (unpaired) electrons. The molecule has 0 aliphatic heterocycles. The van der Waals surface area contributed by atoms with E-state index in [4.69, 9.17) is 15.2 Å². The second-order valence-electron chi connectivity index (χ2n) is 4.81. The van der Waals surface area contributed by atoms with Crippen molar-refractivity contribution in [3.8, 4) is 11.5 Å². The lowest BCUT2D eigenvalue weighted by atomic mass is 10.2. The Bertz CT molecular complexity index is 587. The zero-order valence-corrected chi connectivity index (χ0v) is 12.1. The first-order valence-corrected chi connectivity index (χ1v) is 7.00. The third-order valence-electron chi connectivity index (χ3n) is 3.10. The Morgan fingerprint density at radius 1 is 1.00 bits per heavy atom. The first kappa shape index (κ1) is 15.3. The molecule has 2 aromatic carbocycles. The van der Waals surface area contributed by atoms with Crippen LogP contribution in [0.4, 0.5) is 4.39 Å². The van der Waals surface area contributed by atoms with E-state index in [0.717, 1.165) is 17.7 Å². The average molecular weight is 289 g/mol. The number of benzene rings is 2. The van der Waals surface area contributed by atoms with E-state index in [1.54, 1.807) is 19.1 Å². The Balaban J connectivity index is 1.71. The molecule has 0 unspecified atom stereocenters. The molecule has 4 heteroatoms. The van der Waals surface area contributed by atoms with Gasteiger partial charge in [0.05, 0.1) is 13.2 Å². The number of aryl methyl sites for hydroxylation is 1. The molecule has 21 heavy (non-hydrogen) atoms. The smallest absolute Gasteiger partial charge is 0.129 e. The van der Waals surface area contributed by atoms with Gasteiger partial charge in [-0.2, -0.15) is 0 Å². The molecular weight excluding hydrogens is 269 g/mol. The molecule has 112 valence electrons. The molecule has 2 rings (SSSR count). The molecule has 3 nitrogen and oxygen atoms in total. The summed E-state index contributed by atoms with van der Waals surface area (Å²) in [6.07, 6.45) is 0.725. The number of hydrogen-bond donors (Lipinski definition) is 1. The summed E-state index contributed by atoms with van der Waals surface area (Å²) in [6.45, 7) is 3.25. The van der Waals surface area contributed by atoms with Crippen molar-refractivity contribution in [2.24, 2.45) is 5.73 Å². The van der Waals surface area contributed by atoms with Crippen LogP contribution < -0.4 is 15.2 Å². The molecule has 0 saturated carbocycles. The minimum Gasteiger partial charge on any atom is -0.493 e. The lowest BCUT2D eigenvalue weighted by molar-refractivity contribution is 0.247. The highest BCUT2D eigenvalue weighted by molar-refractivity contribution is 5.29. The van der Waals surface area contributed by atoms with Crippen LogP contribution >= 0.6 is 0 Å². The summed E-state index contributed by atoms with van der Waals surface area (Å²) in [5.74, 6) is 1.10. The standard InChI is InChI=1S/C17H20FNO2/c1-13-6-7-16(11-17(13)18)21-9-3-8-20-15-5-2-4-14(10-15)12-19/h2,4-7,10-11H,3,8-9,12,19H2,1H3. The zero-order valence-electron chi connectivity index (χ0n) is 12.1. The molecule has 2 N–H and O–H groups in total. The molecule has 0 spiro atoms. The molecule has 0 aliphatic carbocycles. The molecule has 0 heterocycles. The number of ether oxygens (including phenoxy) is 2. The second kappa shape index (κ2) is 7.64. The van der Waals surface area contributed by atoms with Crippen LogP contribution in [0, 0.1) is 12.7 Å². The highest BCUT2D eigenvalue weighted by Crippen LogP contribution is 2.16. The quantitative estimate of drug-likeness (QED) is 0.794. The second-order valence-corrected chi connectivity index (χ2v) is 4.81. The van der Waals surface area contributed by atoms with Gasteiger partial charge in [0.15, 0.2) is 0 Å². The SMILES string of the molecule is Cc1ccc(OCCCOc2cccc(CN)c2)cc1F. The van der Waals surface area contributed by atoms with Crippen molar-refractivity contribution in [2.75, 3.05) is 13.2 Å². The highest BCUT2D eigenvalue weighted by Gasteiger charge is 2.00. The maximum atomic E-state index is 13.3. The van der Waals surface area contributed by atoms with Gasteiger partial charge in [0.1, 0.15) is 17.3 Å². The highest BCUT2D eigenvalue weighted by atomic mass is 19.1. The van der Waals surface area contributed by atoms with Gasteiger partial charge in [-0.25, -0.2) is 4.39 Å². The van der Waals surface area contributed by atoms with Crippen LogP contribution in [0.25, 0.3) is 0 Å². The van der Waals surface area contributed by atoms with Gasteiger partial charge >= 0.3 is 0 Å². The van der Waals surface area contributed by atoms with Crippen LogP contribution in [0.3, 0.4) is 0 Å². The van der Waals surface area contributed by atoms with E-state index >= 15 is 0 Å². The van der Waals surface area contributed by atoms with Crippen molar-refractivity contribution in [1.82, 2.24) is 0 Å². The van der Waals surface area contributed by atoms with Crippen LogP contribution in [0.5, 0.6) is 11.5 Å². The third-order valence-corrected chi connectivity index (χ3v) is 3.10. The monoisotopic (exact) mass is 289 g/mol. The van der Waals surface area contributed by atoms with Crippen LogP contribution in [-0.4, -0.2) is 13.2 Å². The third kappa shape index (κ3) is 4.76. The Morgan fingerprint density at radius 2 is 1.71 bits per heavy atom. The van der Waals surface area contributed by atoms with Gasteiger partial charge in [0.25, 0.3) is 0 Å². The summed E-state index contributed by atoms with van der Waals surface area (Å²) < 4.78 is 24.4. The topological polar surface area (TPSA) is 44.5 Å². The minimum atomic E-state index is -0.248. The zero-order chi connectivity index (χ0) is 15.1. The van der Waals surface area contributed by atoms with E-state index in [1.165, 1.54) is 6.07 Å². The molecule has 2 aromatic rings. The van der Waals surface area contributed by atoms with Crippen molar-refractivity contribution in [1.29, 1.82) is 0 Å². The molecule has 0 amide bonds. The first-order valence-electron chi connectivity index (χ1n) is 7.00. The lowest BCUT2D eigenvalue weighted by Gasteiger charge is -2.09. The lowest BCUT2D eigenvalue weighted by Crippen LogP contribution is -2.05.